The second-order valence-corrected chi connectivity index (χ2v) is 4.09. The summed E-state index contributed by atoms with van der Waals surface area (Å²) in [6.45, 7) is 5.48. The predicted octanol–water partition coefficient (Wildman–Crippen LogP) is 2.65. The molecule has 0 rings (SSSR count). The van der Waals surface area contributed by atoms with E-state index in [4.69, 9.17) is 18.8 Å². The molecule has 0 aliphatic heterocycles. The van der Waals surface area contributed by atoms with E-state index in [9.17, 15) is 4.57 Å². The number of hydrogen-bond acceptors (Lipinski definition) is 5. The van der Waals surface area contributed by atoms with Gasteiger partial charge >= 0.3 is 7.82 Å². The standard InChI is InChI=1S/C9H16NO4P/c1-4-7-9(8-10)14-15(11,12-5-2)13-6-3/h4,7,9H,5-6H2,1-3H3/b7-4+/t9-/m1/s1. The predicted molar refractivity (Wildman–Crippen MR) is 56.2 cm³/mol. The minimum absolute atomic E-state index is 0.200. The Kier molecular flexibility index (Phi) is 7.27. The Morgan fingerprint density at radius 3 is 2.27 bits per heavy atom. The number of phosphoric acid groups is 1. The molecule has 0 spiro atoms. The van der Waals surface area contributed by atoms with E-state index in [-0.39, 0.29) is 13.2 Å². The van der Waals surface area contributed by atoms with Gasteiger partial charge in [-0.05, 0) is 26.8 Å². The highest BCUT2D eigenvalue weighted by Crippen LogP contribution is 2.50. The smallest absolute Gasteiger partial charge is 0.287 e. The lowest BCUT2D eigenvalue weighted by Gasteiger charge is -2.17. The molecule has 0 saturated carbocycles. The van der Waals surface area contributed by atoms with Crippen molar-refractivity contribution in [2.24, 2.45) is 0 Å². The maximum atomic E-state index is 11.8. The first-order valence-corrected chi connectivity index (χ1v) is 6.17. The summed E-state index contributed by atoms with van der Waals surface area (Å²) >= 11 is 0. The maximum Gasteiger partial charge on any atom is 0.476 e. The molecule has 0 aromatic heterocycles. The molecule has 15 heavy (non-hydrogen) atoms. The molecule has 5 nitrogen and oxygen atoms in total. The Morgan fingerprint density at radius 1 is 1.40 bits per heavy atom. The molecule has 0 heterocycles. The van der Waals surface area contributed by atoms with Gasteiger partial charge in [0.25, 0.3) is 0 Å². The first kappa shape index (κ1) is 14.3. The van der Waals surface area contributed by atoms with Crippen molar-refractivity contribution >= 4 is 7.82 Å². The van der Waals surface area contributed by atoms with Crippen LogP contribution in [0.25, 0.3) is 0 Å². The molecule has 0 aliphatic rings. The second-order valence-electron chi connectivity index (χ2n) is 2.46. The van der Waals surface area contributed by atoms with Gasteiger partial charge in [-0.1, -0.05) is 6.08 Å². The van der Waals surface area contributed by atoms with Crippen molar-refractivity contribution < 1.29 is 18.1 Å². The summed E-state index contributed by atoms with van der Waals surface area (Å²) in [6, 6.07) is 1.83. The van der Waals surface area contributed by atoms with Crippen LogP contribution in [-0.4, -0.2) is 19.3 Å². The van der Waals surface area contributed by atoms with E-state index in [2.05, 4.69) is 0 Å². The van der Waals surface area contributed by atoms with Crippen molar-refractivity contribution in [2.45, 2.75) is 26.9 Å². The number of hydrogen-bond donors (Lipinski definition) is 0. The molecular formula is C9H16NO4P. The summed E-state index contributed by atoms with van der Waals surface area (Å²) in [5.74, 6) is 0. The van der Waals surface area contributed by atoms with Crippen LogP contribution in [-0.2, 0) is 18.1 Å². The molecule has 0 saturated heterocycles. The van der Waals surface area contributed by atoms with E-state index in [0.717, 1.165) is 0 Å². The number of allylic oxidation sites excluding steroid dienone is 1. The molecule has 0 amide bonds. The fourth-order valence-electron chi connectivity index (χ4n) is 0.830. The molecule has 0 aliphatic carbocycles. The van der Waals surface area contributed by atoms with Gasteiger partial charge in [-0.3, -0.25) is 13.6 Å². The van der Waals surface area contributed by atoms with Crippen LogP contribution in [0.15, 0.2) is 12.2 Å². The molecule has 0 radical (unpaired) electrons. The van der Waals surface area contributed by atoms with Crippen LogP contribution in [0.2, 0.25) is 0 Å². The zero-order chi connectivity index (χ0) is 11.7. The molecule has 0 aromatic rings. The van der Waals surface area contributed by atoms with E-state index in [1.807, 2.05) is 6.07 Å². The van der Waals surface area contributed by atoms with Crippen molar-refractivity contribution in [3.8, 4) is 6.07 Å². The van der Waals surface area contributed by atoms with Crippen LogP contribution in [0.5, 0.6) is 0 Å². The third-order valence-electron chi connectivity index (χ3n) is 1.31. The summed E-state index contributed by atoms with van der Waals surface area (Å²) in [6.07, 6.45) is 2.19. The molecule has 86 valence electrons. The van der Waals surface area contributed by atoms with Crippen LogP contribution in [0.3, 0.4) is 0 Å². The zero-order valence-corrected chi connectivity index (χ0v) is 10.1. The third-order valence-corrected chi connectivity index (χ3v) is 2.95. The summed E-state index contributed by atoms with van der Waals surface area (Å²) < 4.78 is 26.5. The normalized spacial score (nSPS) is 14.0. The molecule has 0 aromatic carbocycles. The Morgan fingerprint density at radius 2 is 1.93 bits per heavy atom. The third kappa shape index (κ3) is 5.71. The van der Waals surface area contributed by atoms with Crippen molar-refractivity contribution in [3.05, 3.63) is 12.2 Å². The first-order chi connectivity index (χ1) is 7.11. The van der Waals surface area contributed by atoms with Gasteiger partial charge in [0, 0.05) is 0 Å². The molecule has 0 fully saturated rings. The van der Waals surface area contributed by atoms with E-state index >= 15 is 0 Å². The maximum absolute atomic E-state index is 11.8. The number of nitrogens with zero attached hydrogens (tertiary/aromatic N) is 1. The van der Waals surface area contributed by atoms with E-state index in [0.29, 0.717) is 0 Å². The summed E-state index contributed by atoms with van der Waals surface area (Å²) in [4.78, 5) is 0. The van der Waals surface area contributed by atoms with Crippen LogP contribution in [0, 0.1) is 11.3 Å². The number of rotatable bonds is 7. The molecule has 0 bridgehead atoms. The van der Waals surface area contributed by atoms with Gasteiger partial charge in [-0.15, -0.1) is 0 Å². The van der Waals surface area contributed by atoms with Gasteiger partial charge in [0.2, 0.25) is 0 Å². The lowest BCUT2D eigenvalue weighted by molar-refractivity contribution is 0.116. The van der Waals surface area contributed by atoms with E-state index < -0.39 is 13.9 Å². The molecule has 6 heteroatoms. The van der Waals surface area contributed by atoms with Gasteiger partial charge in [-0.2, -0.15) is 5.26 Å². The monoisotopic (exact) mass is 233 g/mol. The summed E-state index contributed by atoms with van der Waals surface area (Å²) in [5.41, 5.74) is 0. The van der Waals surface area contributed by atoms with Crippen LogP contribution < -0.4 is 0 Å². The SMILES string of the molecule is C/C=C/[C@H](C#N)OP(=O)(OCC)OCC. The lowest BCUT2D eigenvalue weighted by Crippen LogP contribution is -2.09. The van der Waals surface area contributed by atoms with Crippen LogP contribution in [0.1, 0.15) is 20.8 Å². The largest absolute Gasteiger partial charge is 0.476 e. The van der Waals surface area contributed by atoms with Crippen LogP contribution in [0.4, 0.5) is 0 Å². The number of phosphoric ester groups is 1. The fraction of sp³-hybridized carbons (Fsp3) is 0.667. The minimum atomic E-state index is -3.60. The van der Waals surface area contributed by atoms with Crippen molar-refractivity contribution in [1.29, 1.82) is 5.26 Å². The lowest BCUT2D eigenvalue weighted by atomic mass is 10.4. The van der Waals surface area contributed by atoms with Gasteiger partial charge in [0.05, 0.1) is 19.3 Å². The molecule has 0 N–H and O–H groups in total. The second kappa shape index (κ2) is 7.61. The van der Waals surface area contributed by atoms with Gasteiger partial charge < -0.3 is 0 Å². The molecule has 1 atom stereocenters. The average molecular weight is 233 g/mol. The van der Waals surface area contributed by atoms with Crippen molar-refractivity contribution in [1.82, 2.24) is 0 Å². The average Bonchev–Trinajstić information content (AvgIpc) is 2.17. The Balaban J connectivity index is 4.52. The van der Waals surface area contributed by atoms with E-state index in [1.165, 1.54) is 6.08 Å². The minimum Gasteiger partial charge on any atom is -0.287 e. The highest BCUT2D eigenvalue weighted by Gasteiger charge is 2.28. The van der Waals surface area contributed by atoms with Crippen LogP contribution >= 0.6 is 7.82 Å². The first-order valence-electron chi connectivity index (χ1n) is 4.71. The quantitative estimate of drug-likeness (QED) is 0.499. The topological polar surface area (TPSA) is 68.5 Å². The number of nitriles is 1. The fourth-order valence-corrected chi connectivity index (χ4v) is 2.05. The Bertz CT molecular complexity index is 274. The Labute approximate surface area is 90.3 Å². The van der Waals surface area contributed by atoms with Crippen molar-refractivity contribution in [3.63, 3.8) is 0 Å². The highest BCUT2D eigenvalue weighted by molar-refractivity contribution is 7.48. The molecular weight excluding hydrogens is 217 g/mol. The zero-order valence-electron chi connectivity index (χ0n) is 9.17. The Hall–Kier alpha value is -0.660. The highest BCUT2D eigenvalue weighted by atomic mass is 31.2. The molecule has 0 unspecified atom stereocenters. The van der Waals surface area contributed by atoms with Gasteiger partial charge in [0.15, 0.2) is 6.10 Å². The van der Waals surface area contributed by atoms with Crippen molar-refractivity contribution in [2.75, 3.05) is 13.2 Å². The van der Waals surface area contributed by atoms with Gasteiger partial charge in [0.1, 0.15) is 0 Å². The summed E-state index contributed by atoms with van der Waals surface area (Å²) in [7, 11) is -3.60. The van der Waals surface area contributed by atoms with E-state index in [1.54, 1.807) is 26.8 Å². The summed E-state index contributed by atoms with van der Waals surface area (Å²) in [5, 5.41) is 8.70. The van der Waals surface area contributed by atoms with Gasteiger partial charge in [-0.25, -0.2) is 4.57 Å².